The lowest BCUT2D eigenvalue weighted by molar-refractivity contribution is -0.723. The number of hydrogen-bond donors (Lipinski definition) is 7. The minimum absolute atomic E-state index is 1.43. The van der Waals surface area contributed by atoms with Gasteiger partial charge in [0.05, 0.1) is 0 Å². The molecule has 7 N–H and O–H groups in total. The Labute approximate surface area is 103 Å². The summed E-state index contributed by atoms with van der Waals surface area (Å²) in [4.78, 5) is 8.99. The summed E-state index contributed by atoms with van der Waals surface area (Å²) in [6.07, 6.45) is 0. The molecule has 19 heavy (non-hydrogen) atoms. The summed E-state index contributed by atoms with van der Waals surface area (Å²) < 4.78 is 44.0. The lowest BCUT2D eigenvalue weighted by Gasteiger charge is -1.86. The van der Waals surface area contributed by atoms with Crippen LogP contribution in [0.2, 0.25) is 0 Å². The zero-order valence-electron chi connectivity index (χ0n) is 8.62. The fourth-order valence-corrected chi connectivity index (χ4v) is 0.0710. The average molecular weight is 300 g/mol. The molecule has 0 aliphatic carbocycles. The van der Waals surface area contributed by atoms with Gasteiger partial charge >= 0.3 is 29.6 Å². The zero-order chi connectivity index (χ0) is 16.6. The van der Waals surface area contributed by atoms with E-state index in [1.54, 1.807) is 0 Å². The summed E-state index contributed by atoms with van der Waals surface area (Å²) in [5, 5.41) is 56.6. The molecule has 0 rings (SSSR count). The molecule has 0 unspecified atom stereocenters. The van der Waals surface area contributed by atoms with Crippen LogP contribution in [-0.4, -0.2) is 69.8 Å². The molecule has 0 atom stereocenters. The SMILES string of the molecule is O=[N+]([O-])OB(O)F.OB(O)F.OB(O)F.OB(O)F. The van der Waals surface area contributed by atoms with Crippen LogP contribution in [0.4, 0.5) is 17.3 Å². The Bertz CT molecular complexity index is 158. The van der Waals surface area contributed by atoms with E-state index in [9.17, 15) is 17.3 Å². The normalized spacial score (nSPS) is 7.11. The Hall–Kier alpha value is -1.10. The molecule has 0 saturated heterocycles. The molecule has 0 amide bonds. The molecule has 0 spiro atoms. The van der Waals surface area contributed by atoms with E-state index in [0.29, 0.717) is 0 Å². The van der Waals surface area contributed by atoms with E-state index in [1.165, 1.54) is 0 Å². The molecule has 0 aliphatic rings. The fourth-order valence-electron chi connectivity index (χ4n) is 0.0710. The molecular formula is H7B4F4NO10. The third-order valence-electron chi connectivity index (χ3n) is 0.173. The molecule has 0 saturated carbocycles. The van der Waals surface area contributed by atoms with Crippen LogP contribution in [0.5, 0.6) is 0 Å². The predicted octanol–water partition coefficient (Wildman–Crippen LogP) is -4.08. The summed E-state index contributed by atoms with van der Waals surface area (Å²) in [5.74, 6) is 0. The summed E-state index contributed by atoms with van der Waals surface area (Å²) in [6.45, 7) is 0. The maximum atomic E-state index is 10.8. The van der Waals surface area contributed by atoms with Crippen molar-refractivity contribution in [2.45, 2.75) is 0 Å². The fraction of sp³-hybridized carbons (Fsp3) is 0. The van der Waals surface area contributed by atoms with Crippen molar-refractivity contribution in [3.8, 4) is 0 Å². The molecule has 0 radical (unpaired) electrons. The van der Waals surface area contributed by atoms with Crippen LogP contribution in [0.15, 0.2) is 0 Å². The minimum Gasteiger partial charge on any atom is -0.402 e. The van der Waals surface area contributed by atoms with E-state index in [0.717, 1.165) is 0 Å². The van der Waals surface area contributed by atoms with Gasteiger partial charge < -0.3 is 35.2 Å². The molecule has 11 nitrogen and oxygen atoms in total. The third-order valence-corrected chi connectivity index (χ3v) is 0.173. The zero-order valence-corrected chi connectivity index (χ0v) is 8.62. The number of nitrogens with zero attached hydrogens (tertiary/aromatic N) is 1. The molecule has 112 valence electrons. The lowest BCUT2D eigenvalue weighted by Crippen LogP contribution is -2.15. The van der Waals surface area contributed by atoms with E-state index in [2.05, 4.69) is 4.76 Å². The number of hydrogen-bond acceptors (Lipinski definition) is 10. The summed E-state index contributed by atoms with van der Waals surface area (Å²) in [7, 11) is -10.8. The van der Waals surface area contributed by atoms with Crippen LogP contribution in [0.25, 0.3) is 0 Å². The van der Waals surface area contributed by atoms with Gasteiger partial charge in [-0.05, 0) is 0 Å². The van der Waals surface area contributed by atoms with Crippen LogP contribution in [0.3, 0.4) is 0 Å². The van der Waals surface area contributed by atoms with Crippen molar-refractivity contribution in [1.82, 2.24) is 0 Å². The lowest BCUT2D eigenvalue weighted by atomic mass is 10.3. The number of halogens is 4. The van der Waals surface area contributed by atoms with E-state index in [1.807, 2.05) is 0 Å². The molecule has 0 heterocycles. The topological polar surface area (TPSA) is 194 Å². The van der Waals surface area contributed by atoms with Crippen LogP contribution < -0.4 is 0 Å². The Morgan fingerprint density at radius 2 is 0.947 bits per heavy atom. The van der Waals surface area contributed by atoms with Crippen molar-refractivity contribution in [1.29, 1.82) is 0 Å². The average Bonchev–Trinajstić information content (AvgIpc) is 1.95. The summed E-state index contributed by atoms with van der Waals surface area (Å²) >= 11 is 0. The van der Waals surface area contributed by atoms with Gasteiger partial charge in [-0.1, -0.05) is 0 Å². The standard InChI is InChI=1S/BFHNO4.3BFH2O2/c2-1(4)7-3(5)6;3*2-1(3)4/h4H;3*3-4H. The Morgan fingerprint density at radius 1 is 0.789 bits per heavy atom. The second-order valence-electron chi connectivity index (χ2n) is 1.55. The molecule has 0 aromatic rings. The third kappa shape index (κ3) is 446. The maximum Gasteiger partial charge on any atom is 0.703 e. The van der Waals surface area contributed by atoms with E-state index < -0.39 is 34.7 Å². The van der Waals surface area contributed by atoms with Crippen LogP contribution in [-0.2, 0) is 4.76 Å². The highest BCUT2D eigenvalue weighted by Gasteiger charge is 2.14. The minimum atomic E-state index is -2.82. The largest absolute Gasteiger partial charge is 0.703 e. The van der Waals surface area contributed by atoms with E-state index >= 15 is 0 Å². The highest BCUT2D eigenvalue weighted by atomic mass is 19.1. The van der Waals surface area contributed by atoms with Gasteiger partial charge in [0.2, 0.25) is 0 Å². The van der Waals surface area contributed by atoms with Crippen LogP contribution >= 0.6 is 0 Å². The van der Waals surface area contributed by atoms with Crippen molar-refractivity contribution in [2.24, 2.45) is 0 Å². The van der Waals surface area contributed by atoms with E-state index in [-0.39, 0.29) is 0 Å². The predicted molar refractivity (Wildman–Crippen MR) is 51.1 cm³/mol. The second kappa shape index (κ2) is 19.2. The first-order valence-electron chi connectivity index (χ1n) is 3.46. The molecule has 19 heteroatoms. The molecule has 0 aromatic heterocycles. The van der Waals surface area contributed by atoms with Gasteiger partial charge in [0.25, 0.3) is 5.09 Å². The Kier molecular flexibility index (Phi) is 26.8. The van der Waals surface area contributed by atoms with Gasteiger partial charge in [-0.3, -0.25) is 22.0 Å². The highest BCUT2D eigenvalue weighted by molar-refractivity contribution is 6.33. The maximum absolute atomic E-state index is 10.8. The van der Waals surface area contributed by atoms with Crippen molar-refractivity contribution >= 4 is 29.6 Å². The Balaban J connectivity index is -0.0000000825. The van der Waals surface area contributed by atoms with Gasteiger partial charge in [-0.2, -0.15) is 0 Å². The molecule has 0 aromatic carbocycles. The van der Waals surface area contributed by atoms with Crippen molar-refractivity contribution < 1.29 is 62.3 Å². The summed E-state index contributed by atoms with van der Waals surface area (Å²) in [6, 6.07) is 0. The van der Waals surface area contributed by atoms with Crippen molar-refractivity contribution in [2.75, 3.05) is 0 Å². The van der Waals surface area contributed by atoms with Crippen LogP contribution in [0.1, 0.15) is 0 Å². The number of rotatable bonds is 2. The van der Waals surface area contributed by atoms with Gasteiger partial charge in [0.1, 0.15) is 0 Å². The Morgan fingerprint density at radius 3 is 0.947 bits per heavy atom. The quantitative estimate of drug-likeness (QED) is 0.114. The highest BCUT2D eigenvalue weighted by Crippen LogP contribution is 1.79. The van der Waals surface area contributed by atoms with Crippen molar-refractivity contribution in [3.05, 3.63) is 10.1 Å². The van der Waals surface area contributed by atoms with E-state index in [4.69, 9.17) is 45.3 Å². The molecule has 0 fully saturated rings. The molecule has 0 bridgehead atoms. The summed E-state index contributed by atoms with van der Waals surface area (Å²) in [5.41, 5.74) is 0. The first kappa shape index (κ1) is 26.5. The first-order chi connectivity index (χ1) is 8.32. The molecule has 0 aliphatic heterocycles. The van der Waals surface area contributed by atoms with Crippen LogP contribution in [0, 0.1) is 10.1 Å². The van der Waals surface area contributed by atoms with Crippen molar-refractivity contribution in [3.63, 3.8) is 0 Å². The first-order valence-corrected chi connectivity index (χ1v) is 3.46. The van der Waals surface area contributed by atoms with Gasteiger partial charge in [-0.25, -0.2) is 0 Å². The smallest absolute Gasteiger partial charge is 0.402 e. The van der Waals surface area contributed by atoms with Gasteiger partial charge in [0, 0.05) is 0 Å². The monoisotopic (exact) mass is 301 g/mol. The second-order valence-corrected chi connectivity index (χ2v) is 1.55. The van der Waals surface area contributed by atoms with Gasteiger partial charge in [-0.15, -0.1) is 10.1 Å². The molecular weight excluding hydrogens is 293 g/mol. The van der Waals surface area contributed by atoms with Gasteiger partial charge in [0.15, 0.2) is 0 Å².